The highest BCUT2D eigenvalue weighted by atomic mass is 79.9. The lowest BCUT2D eigenvalue weighted by atomic mass is 10.0. The number of esters is 1. The molecule has 1 aromatic carbocycles. The molecule has 2 atom stereocenters. The molecule has 0 aromatic heterocycles. The minimum absolute atomic E-state index is 0. The Bertz CT molecular complexity index is 482. The van der Waals surface area contributed by atoms with Crippen molar-refractivity contribution in [2.75, 3.05) is 7.11 Å². The number of methoxy groups -OCH3 is 1. The molecule has 0 saturated carbocycles. The van der Waals surface area contributed by atoms with Gasteiger partial charge < -0.3 is 15.8 Å². The number of amides is 1. The van der Waals surface area contributed by atoms with Crippen LogP contribution in [0.15, 0.2) is 28.7 Å². The van der Waals surface area contributed by atoms with Crippen LogP contribution in [-0.4, -0.2) is 25.0 Å². The number of carbonyl (C=O) groups is 2. The van der Waals surface area contributed by atoms with Crippen LogP contribution in [-0.2, 0) is 14.3 Å². The molecular weight excluding hydrogens is 372 g/mol. The SMILES string of the molecule is CCCC(N)C(=O)NC(CC(=O)OC)c1ccc(Br)cc1.Cl. The number of halogens is 2. The predicted molar refractivity (Wildman–Crippen MR) is 91.8 cm³/mol. The summed E-state index contributed by atoms with van der Waals surface area (Å²) in [7, 11) is 1.33. The fourth-order valence-electron chi connectivity index (χ4n) is 1.92. The fourth-order valence-corrected chi connectivity index (χ4v) is 2.18. The zero-order valence-electron chi connectivity index (χ0n) is 12.7. The van der Waals surface area contributed by atoms with Gasteiger partial charge in [-0.15, -0.1) is 12.4 Å². The number of hydrogen-bond acceptors (Lipinski definition) is 4. The highest BCUT2D eigenvalue weighted by Crippen LogP contribution is 2.20. The standard InChI is InChI=1S/C15H21BrN2O3.ClH/c1-3-4-12(17)15(20)18-13(9-14(19)21-2)10-5-7-11(16)8-6-10;/h5-8,12-13H,3-4,9,17H2,1-2H3,(H,18,20);1H. The van der Waals surface area contributed by atoms with Crippen molar-refractivity contribution in [3.05, 3.63) is 34.3 Å². The van der Waals surface area contributed by atoms with Crippen LogP contribution in [0, 0.1) is 0 Å². The molecule has 0 fully saturated rings. The van der Waals surface area contributed by atoms with Crippen LogP contribution in [0.5, 0.6) is 0 Å². The summed E-state index contributed by atoms with van der Waals surface area (Å²) in [5.74, 6) is -0.638. The summed E-state index contributed by atoms with van der Waals surface area (Å²) in [6.07, 6.45) is 1.51. The van der Waals surface area contributed by atoms with E-state index in [9.17, 15) is 9.59 Å². The molecule has 0 radical (unpaired) electrons. The molecule has 0 bridgehead atoms. The van der Waals surface area contributed by atoms with Gasteiger partial charge in [0.05, 0.1) is 25.6 Å². The largest absolute Gasteiger partial charge is 0.469 e. The normalized spacial score (nSPS) is 12.7. The van der Waals surface area contributed by atoms with E-state index in [1.54, 1.807) is 0 Å². The van der Waals surface area contributed by atoms with E-state index in [0.717, 1.165) is 16.5 Å². The Hall–Kier alpha value is -1.11. The Balaban J connectivity index is 0.00000441. The van der Waals surface area contributed by atoms with E-state index in [4.69, 9.17) is 5.73 Å². The van der Waals surface area contributed by atoms with Gasteiger partial charge in [0.15, 0.2) is 0 Å². The zero-order valence-corrected chi connectivity index (χ0v) is 15.1. The van der Waals surface area contributed by atoms with Gasteiger partial charge in [-0.2, -0.15) is 0 Å². The van der Waals surface area contributed by atoms with E-state index in [1.165, 1.54) is 7.11 Å². The molecule has 2 unspecified atom stereocenters. The van der Waals surface area contributed by atoms with Crippen molar-refractivity contribution in [3.8, 4) is 0 Å². The molecule has 0 aliphatic heterocycles. The summed E-state index contributed by atoms with van der Waals surface area (Å²) in [5, 5.41) is 2.82. The lowest BCUT2D eigenvalue weighted by Gasteiger charge is -2.20. The van der Waals surface area contributed by atoms with E-state index in [0.29, 0.717) is 6.42 Å². The molecule has 1 aromatic rings. The van der Waals surface area contributed by atoms with Crippen molar-refractivity contribution < 1.29 is 14.3 Å². The number of hydrogen-bond donors (Lipinski definition) is 2. The van der Waals surface area contributed by atoms with Crippen molar-refractivity contribution in [1.82, 2.24) is 5.32 Å². The van der Waals surface area contributed by atoms with Crippen molar-refractivity contribution in [2.45, 2.75) is 38.3 Å². The van der Waals surface area contributed by atoms with E-state index < -0.39 is 12.1 Å². The first-order valence-electron chi connectivity index (χ1n) is 6.86. The summed E-state index contributed by atoms with van der Waals surface area (Å²) >= 11 is 3.35. The van der Waals surface area contributed by atoms with Gasteiger partial charge in [0, 0.05) is 4.47 Å². The lowest BCUT2D eigenvalue weighted by Crippen LogP contribution is -2.42. The first-order valence-corrected chi connectivity index (χ1v) is 7.65. The third kappa shape index (κ3) is 6.77. The van der Waals surface area contributed by atoms with Crippen molar-refractivity contribution in [2.24, 2.45) is 5.73 Å². The van der Waals surface area contributed by atoms with Crippen LogP contribution in [0.1, 0.15) is 37.8 Å². The molecule has 7 heteroatoms. The van der Waals surface area contributed by atoms with Gasteiger partial charge in [0.25, 0.3) is 0 Å². The molecule has 0 heterocycles. The summed E-state index contributed by atoms with van der Waals surface area (Å²) in [6.45, 7) is 1.97. The molecule has 0 aliphatic rings. The highest BCUT2D eigenvalue weighted by molar-refractivity contribution is 9.10. The van der Waals surface area contributed by atoms with Crippen LogP contribution in [0.3, 0.4) is 0 Å². The monoisotopic (exact) mass is 392 g/mol. The van der Waals surface area contributed by atoms with Crippen molar-refractivity contribution in [3.63, 3.8) is 0 Å². The molecule has 0 saturated heterocycles. The maximum absolute atomic E-state index is 12.1. The number of rotatable bonds is 7. The Morgan fingerprint density at radius 1 is 1.32 bits per heavy atom. The highest BCUT2D eigenvalue weighted by Gasteiger charge is 2.21. The predicted octanol–water partition coefficient (Wildman–Crippen LogP) is 2.72. The van der Waals surface area contributed by atoms with E-state index in [1.807, 2.05) is 31.2 Å². The van der Waals surface area contributed by atoms with Gasteiger partial charge in [-0.25, -0.2) is 0 Å². The maximum Gasteiger partial charge on any atom is 0.307 e. The van der Waals surface area contributed by atoms with Gasteiger partial charge >= 0.3 is 5.97 Å². The van der Waals surface area contributed by atoms with E-state index >= 15 is 0 Å². The molecule has 5 nitrogen and oxygen atoms in total. The minimum atomic E-state index is -0.564. The second-order valence-corrected chi connectivity index (χ2v) is 5.70. The van der Waals surface area contributed by atoms with E-state index in [2.05, 4.69) is 26.0 Å². The van der Waals surface area contributed by atoms with Crippen LogP contribution in [0.4, 0.5) is 0 Å². The summed E-state index contributed by atoms with van der Waals surface area (Å²) in [4.78, 5) is 23.6. The average Bonchev–Trinajstić information content (AvgIpc) is 2.47. The van der Waals surface area contributed by atoms with Gasteiger partial charge in [-0.3, -0.25) is 9.59 Å². The summed E-state index contributed by atoms with van der Waals surface area (Å²) < 4.78 is 5.61. The molecule has 0 aliphatic carbocycles. The van der Waals surface area contributed by atoms with Crippen LogP contribution < -0.4 is 11.1 Å². The first-order chi connectivity index (χ1) is 9.97. The molecule has 22 heavy (non-hydrogen) atoms. The molecule has 3 N–H and O–H groups in total. The maximum atomic E-state index is 12.1. The Morgan fingerprint density at radius 2 is 1.91 bits per heavy atom. The average molecular weight is 394 g/mol. The number of carbonyl (C=O) groups excluding carboxylic acids is 2. The van der Waals surface area contributed by atoms with Crippen molar-refractivity contribution >= 4 is 40.2 Å². The number of nitrogens with two attached hydrogens (primary N) is 1. The van der Waals surface area contributed by atoms with Gasteiger partial charge in [-0.1, -0.05) is 41.4 Å². The first kappa shape index (κ1) is 20.9. The topological polar surface area (TPSA) is 81.4 Å². The molecule has 124 valence electrons. The van der Waals surface area contributed by atoms with Crippen LogP contribution in [0.2, 0.25) is 0 Å². The second kappa shape index (κ2) is 10.6. The Morgan fingerprint density at radius 3 is 2.41 bits per heavy atom. The number of ether oxygens (including phenoxy) is 1. The molecule has 0 spiro atoms. The molecule has 1 amide bonds. The molecular formula is C15H22BrClN2O3. The quantitative estimate of drug-likeness (QED) is 0.698. The van der Waals surface area contributed by atoms with Gasteiger partial charge in [-0.05, 0) is 24.1 Å². The van der Waals surface area contributed by atoms with E-state index in [-0.39, 0.29) is 30.7 Å². The third-order valence-corrected chi connectivity index (χ3v) is 3.65. The molecule has 1 rings (SSSR count). The second-order valence-electron chi connectivity index (χ2n) is 4.79. The Labute approximate surface area is 145 Å². The fraction of sp³-hybridized carbons (Fsp3) is 0.467. The number of nitrogens with one attached hydrogen (secondary N) is 1. The zero-order chi connectivity index (χ0) is 15.8. The van der Waals surface area contributed by atoms with Crippen molar-refractivity contribution in [1.29, 1.82) is 0 Å². The smallest absolute Gasteiger partial charge is 0.307 e. The summed E-state index contributed by atoms with van der Waals surface area (Å²) in [6, 6.07) is 6.41. The van der Waals surface area contributed by atoms with Gasteiger partial charge in [0.1, 0.15) is 0 Å². The summed E-state index contributed by atoms with van der Waals surface area (Å²) in [5.41, 5.74) is 6.64. The number of benzene rings is 1. The Kier molecular flexibility index (Phi) is 10.1. The lowest BCUT2D eigenvalue weighted by molar-refractivity contribution is -0.141. The minimum Gasteiger partial charge on any atom is -0.469 e. The van der Waals surface area contributed by atoms with Crippen LogP contribution in [0.25, 0.3) is 0 Å². The van der Waals surface area contributed by atoms with Gasteiger partial charge in [0.2, 0.25) is 5.91 Å². The third-order valence-electron chi connectivity index (χ3n) is 3.12. The van der Waals surface area contributed by atoms with Crippen LogP contribution >= 0.6 is 28.3 Å².